The van der Waals surface area contributed by atoms with Gasteiger partial charge >= 0.3 is 0 Å². The molecule has 1 aliphatic heterocycles. The van der Waals surface area contributed by atoms with Crippen molar-refractivity contribution in [3.8, 4) is 11.3 Å². The normalized spacial score (nSPS) is 17.2. The highest BCUT2D eigenvalue weighted by atomic mass is 16.3. The number of carbonyl (C=O) groups is 1. The SMILES string of the molecule is Cc1ccc2c(C(=O)N3CCC[C@H](C)C3)cc(-c3cnn(CCO)c3)nc2c1. The largest absolute Gasteiger partial charge is 0.394 e. The fourth-order valence-corrected chi connectivity index (χ4v) is 3.93. The van der Waals surface area contributed by atoms with Crippen LogP contribution in [0.1, 0.15) is 35.7 Å². The third-order valence-electron chi connectivity index (χ3n) is 5.40. The van der Waals surface area contributed by atoms with Crippen LogP contribution in [-0.2, 0) is 6.54 Å². The van der Waals surface area contributed by atoms with E-state index in [0.29, 0.717) is 18.0 Å². The lowest BCUT2D eigenvalue weighted by molar-refractivity contribution is 0.0685. The van der Waals surface area contributed by atoms with Crippen LogP contribution in [0.3, 0.4) is 0 Å². The lowest BCUT2D eigenvalue weighted by Gasteiger charge is -2.31. The molecular weight excluding hydrogens is 352 g/mol. The van der Waals surface area contributed by atoms with E-state index in [4.69, 9.17) is 10.1 Å². The van der Waals surface area contributed by atoms with Crippen molar-refractivity contribution in [1.29, 1.82) is 0 Å². The zero-order valence-corrected chi connectivity index (χ0v) is 16.4. The number of hydrogen-bond donors (Lipinski definition) is 1. The standard InChI is InChI=1S/C22H26N4O2/c1-15-5-6-18-19(22(28)25-7-3-4-16(2)13-25)11-20(24-21(18)10-15)17-12-23-26(14-17)8-9-27/h5-6,10-12,14,16,27H,3-4,7-9,13H2,1-2H3/t16-/m0/s1. The highest BCUT2D eigenvalue weighted by Crippen LogP contribution is 2.28. The number of amides is 1. The Kier molecular flexibility index (Phi) is 5.13. The summed E-state index contributed by atoms with van der Waals surface area (Å²) in [6, 6.07) is 7.93. The van der Waals surface area contributed by atoms with Gasteiger partial charge in [0.1, 0.15) is 0 Å². The first kappa shape index (κ1) is 18.6. The van der Waals surface area contributed by atoms with E-state index in [2.05, 4.69) is 12.0 Å². The molecule has 6 heteroatoms. The predicted molar refractivity (Wildman–Crippen MR) is 109 cm³/mol. The molecule has 0 unspecified atom stereocenters. The first-order valence-corrected chi connectivity index (χ1v) is 9.89. The van der Waals surface area contributed by atoms with Crippen LogP contribution in [-0.4, -0.2) is 50.4 Å². The first-order valence-electron chi connectivity index (χ1n) is 9.89. The van der Waals surface area contributed by atoms with Gasteiger partial charge in [0.05, 0.1) is 36.1 Å². The number of hydrogen-bond acceptors (Lipinski definition) is 4. The quantitative estimate of drug-likeness (QED) is 0.756. The van der Waals surface area contributed by atoms with Crippen LogP contribution in [0.4, 0.5) is 0 Å². The van der Waals surface area contributed by atoms with Gasteiger partial charge in [-0.25, -0.2) is 4.98 Å². The molecule has 1 amide bonds. The Morgan fingerprint density at radius 3 is 2.96 bits per heavy atom. The molecular formula is C22H26N4O2. The fourth-order valence-electron chi connectivity index (χ4n) is 3.93. The molecule has 1 aromatic carbocycles. The number of aryl methyl sites for hydroxylation is 1. The Hall–Kier alpha value is -2.73. The average molecular weight is 378 g/mol. The number of piperidine rings is 1. The van der Waals surface area contributed by atoms with Crippen molar-refractivity contribution in [2.24, 2.45) is 5.92 Å². The minimum atomic E-state index is 0.0301. The fraction of sp³-hybridized carbons (Fsp3) is 0.409. The number of aliphatic hydroxyl groups is 1. The Morgan fingerprint density at radius 1 is 1.32 bits per heavy atom. The van der Waals surface area contributed by atoms with Gasteiger partial charge in [0, 0.05) is 30.2 Å². The second kappa shape index (κ2) is 7.72. The van der Waals surface area contributed by atoms with Crippen molar-refractivity contribution >= 4 is 16.8 Å². The van der Waals surface area contributed by atoms with Gasteiger partial charge in [-0.05, 0) is 43.4 Å². The average Bonchev–Trinajstić information content (AvgIpc) is 3.15. The third kappa shape index (κ3) is 3.64. The van der Waals surface area contributed by atoms with Gasteiger partial charge < -0.3 is 10.0 Å². The van der Waals surface area contributed by atoms with Gasteiger partial charge in [-0.15, -0.1) is 0 Å². The molecule has 0 bridgehead atoms. The van der Waals surface area contributed by atoms with Crippen LogP contribution in [0.5, 0.6) is 0 Å². The van der Waals surface area contributed by atoms with Crippen molar-refractivity contribution < 1.29 is 9.90 Å². The van der Waals surface area contributed by atoms with Crippen molar-refractivity contribution in [1.82, 2.24) is 19.7 Å². The molecule has 1 saturated heterocycles. The van der Waals surface area contributed by atoms with E-state index in [1.165, 1.54) is 6.42 Å². The van der Waals surface area contributed by atoms with Crippen LogP contribution in [0.25, 0.3) is 22.2 Å². The molecule has 6 nitrogen and oxygen atoms in total. The number of benzene rings is 1. The molecule has 0 aliphatic carbocycles. The number of fused-ring (bicyclic) bond motifs is 1. The molecule has 4 rings (SSSR count). The second-order valence-electron chi connectivity index (χ2n) is 7.79. The van der Waals surface area contributed by atoms with E-state index in [1.54, 1.807) is 10.9 Å². The van der Waals surface area contributed by atoms with Crippen LogP contribution < -0.4 is 0 Å². The number of rotatable bonds is 4. The van der Waals surface area contributed by atoms with E-state index < -0.39 is 0 Å². The monoisotopic (exact) mass is 378 g/mol. The van der Waals surface area contributed by atoms with E-state index in [1.807, 2.05) is 42.3 Å². The van der Waals surface area contributed by atoms with E-state index >= 15 is 0 Å². The van der Waals surface area contributed by atoms with Gasteiger partial charge in [-0.2, -0.15) is 5.10 Å². The summed E-state index contributed by atoms with van der Waals surface area (Å²) in [6.45, 7) is 6.31. The maximum absolute atomic E-state index is 13.4. The van der Waals surface area contributed by atoms with Crippen molar-refractivity contribution in [2.75, 3.05) is 19.7 Å². The molecule has 1 aliphatic rings. The zero-order chi connectivity index (χ0) is 19.7. The minimum Gasteiger partial charge on any atom is -0.394 e. The maximum atomic E-state index is 13.4. The Bertz CT molecular complexity index is 1010. The Balaban J connectivity index is 1.80. The van der Waals surface area contributed by atoms with Gasteiger partial charge in [-0.3, -0.25) is 9.48 Å². The minimum absolute atomic E-state index is 0.0301. The second-order valence-corrected chi connectivity index (χ2v) is 7.79. The van der Waals surface area contributed by atoms with Gasteiger partial charge in [0.25, 0.3) is 5.91 Å². The molecule has 1 atom stereocenters. The number of pyridine rings is 1. The van der Waals surface area contributed by atoms with Crippen LogP contribution >= 0.6 is 0 Å². The molecule has 1 fully saturated rings. The number of nitrogens with zero attached hydrogens (tertiary/aromatic N) is 4. The van der Waals surface area contributed by atoms with Gasteiger partial charge in [0.2, 0.25) is 0 Å². The number of likely N-dealkylation sites (tertiary alicyclic amines) is 1. The predicted octanol–water partition coefficient (Wildman–Crippen LogP) is 3.27. The third-order valence-corrected chi connectivity index (χ3v) is 5.40. The van der Waals surface area contributed by atoms with Crippen molar-refractivity contribution in [3.05, 3.63) is 47.8 Å². The van der Waals surface area contributed by atoms with Gasteiger partial charge in [-0.1, -0.05) is 19.1 Å². The van der Waals surface area contributed by atoms with Crippen LogP contribution in [0.2, 0.25) is 0 Å². The smallest absolute Gasteiger partial charge is 0.254 e. The molecule has 0 radical (unpaired) electrons. The Morgan fingerprint density at radius 2 is 2.18 bits per heavy atom. The number of aliphatic hydroxyl groups excluding tert-OH is 1. The molecule has 0 spiro atoms. The highest BCUT2D eigenvalue weighted by Gasteiger charge is 2.24. The summed E-state index contributed by atoms with van der Waals surface area (Å²) in [5.41, 5.74) is 4.21. The number of aromatic nitrogens is 3. The van der Waals surface area contributed by atoms with Crippen molar-refractivity contribution in [3.63, 3.8) is 0 Å². The van der Waals surface area contributed by atoms with E-state index in [0.717, 1.165) is 47.2 Å². The molecule has 0 saturated carbocycles. The molecule has 146 valence electrons. The summed E-state index contributed by atoms with van der Waals surface area (Å²) in [4.78, 5) is 20.1. The zero-order valence-electron chi connectivity index (χ0n) is 16.4. The van der Waals surface area contributed by atoms with Crippen LogP contribution in [0.15, 0.2) is 36.7 Å². The highest BCUT2D eigenvalue weighted by molar-refractivity contribution is 6.07. The number of carbonyl (C=O) groups excluding carboxylic acids is 1. The molecule has 28 heavy (non-hydrogen) atoms. The first-order chi connectivity index (χ1) is 13.5. The molecule has 3 heterocycles. The summed E-state index contributed by atoms with van der Waals surface area (Å²) in [5.74, 6) is 0.607. The summed E-state index contributed by atoms with van der Waals surface area (Å²) < 4.78 is 1.69. The Labute approximate surface area is 164 Å². The van der Waals surface area contributed by atoms with Crippen molar-refractivity contribution in [2.45, 2.75) is 33.2 Å². The van der Waals surface area contributed by atoms with E-state index in [-0.39, 0.29) is 12.5 Å². The maximum Gasteiger partial charge on any atom is 0.254 e. The lowest BCUT2D eigenvalue weighted by Crippen LogP contribution is -2.39. The van der Waals surface area contributed by atoms with Gasteiger partial charge in [0.15, 0.2) is 0 Å². The summed E-state index contributed by atoms with van der Waals surface area (Å²) in [7, 11) is 0. The van der Waals surface area contributed by atoms with E-state index in [9.17, 15) is 4.79 Å². The summed E-state index contributed by atoms with van der Waals surface area (Å²) in [6.07, 6.45) is 5.82. The summed E-state index contributed by atoms with van der Waals surface area (Å²) in [5, 5.41) is 14.3. The summed E-state index contributed by atoms with van der Waals surface area (Å²) >= 11 is 0. The van der Waals surface area contributed by atoms with Crippen LogP contribution in [0, 0.1) is 12.8 Å². The molecule has 3 aromatic rings. The molecule has 1 N–H and O–H groups in total. The topological polar surface area (TPSA) is 71.2 Å². The lowest BCUT2D eigenvalue weighted by atomic mass is 9.98. The molecule has 2 aromatic heterocycles.